The predicted molar refractivity (Wildman–Crippen MR) is 78.0 cm³/mol. The number of carboxylic acids is 1. The van der Waals surface area contributed by atoms with E-state index >= 15 is 0 Å². The van der Waals surface area contributed by atoms with E-state index in [2.05, 4.69) is 4.98 Å². The molecule has 0 saturated carbocycles. The lowest BCUT2D eigenvalue weighted by molar-refractivity contribution is -0.137. The minimum Gasteiger partial charge on any atom is -0.481 e. The Morgan fingerprint density at radius 2 is 2.26 bits per heavy atom. The molecule has 0 amide bonds. The lowest BCUT2D eigenvalue weighted by Gasteiger charge is -2.09. The van der Waals surface area contributed by atoms with E-state index in [1.165, 1.54) is 0 Å². The minimum absolute atomic E-state index is 0.0577. The molecule has 1 heterocycles. The Hall–Kier alpha value is -1.39. The first kappa shape index (κ1) is 14.0. The molecule has 3 nitrogen and oxygen atoms in total. The summed E-state index contributed by atoms with van der Waals surface area (Å²) in [5.41, 5.74) is 1.78. The lowest BCUT2D eigenvalue weighted by atomic mass is 10.0. The van der Waals surface area contributed by atoms with Gasteiger partial charge in [0.15, 0.2) is 0 Å². The van der Waals surface area contributed by atoms with E-state index in [1.54, 1.807) is 11.3 Å². The molecular weight excluding hydrogens is 282 g/mol. The van der Waals surface area contributed by atoms with E-state index in [-0.39, 0.29) is 12.3 Å². The van der Waals surface area contributed by atoms with Gasteiger partial charge in [-0.05, 0) is 19.1 Å². The van der Waals surface area contributed by atoms with E-state index < -0.39 is 5.97 Å². The fraction of sp³-hybridized carbons (Fsp3) is 0.286. The van der Waals surface area contributed by atoms with Crippen LogP contribution < -0.4 is 0 Å². The summed E-state index contributed by atoms with van der Waals surface area (Å²) in [6, 6.07) is 7.48. The Morgan fingerprint density at radius 3 is 2.89 bits per heavy atom. The third-order valence-corrected chi connectivity index (χ3v) is 4.22. The molecule has 0 fully saturated rings. The summed E-state index contributed by atoms with van der Waals surface area (Å²) < 4.78 is 0. The van der Waals surface area contributed by atoms with Gasteiger partial charge in [-0.2, -0.15) is 0 Å². The highest BCUT2D eigenvalue weighted by atomic mass is 35.5. The van der Waals surface area contributed by atoms with E-state index in [4.69, 9.17) is 16.7 Å². The molecule has 2 rings (SSSR count). The van der Waals surface area contributed by atoms with Crippen LogP contribution in [0.4, 0.5) is 0 Å². The molecule has 0 spiro atoms. The standard InChI is InChI=1S/C14H14ClNO2S/c1-8(6-12(17)18)14-13(16-9(2)19-14)10-4-3-5-11(15)7-10/h3-5,7-8H,6H2,1-2H3,(H,17,18). The van der Waals surface area contributed by atoms with Gasteiger partial charge in [-0.15, -0.1) is 11.3 Å². The van der Waals surface area contributed by atoms with Crippen molar-refractivity contribution in [3.05, 3.63) is 39.2 Å². The largest absolute Gasteiger partial charge is 0.481 e. The van der Waals surface area contributed by atoms with Crippen LogP contribution in [0.25, 0.3) is 11.3 Å². The van der Waals surface area contributed by atoms with Gasteiger partial charge in [0.2, 0.25) is 0 Å². The molecule has 19 heavy (non-hydrogen) atoms. The van der Waals surface area contributed by atoms with Gasteiger partial charge in [0.25, 0.3) is 0 Å². The van der Waals surface area contributed by atoms with Gasteiger partial charge in [0.05, 0.1) is 17.1 Å². The van der Waals surface area contributed by atoms with Crippen molar-refractivity contribution < 1.29 is 9.90 Å². The molecule has 0 aliphatic heterocycles. The highest BCUT2D eigenvalue weighted by molar-refractivity contribution is 7.12. The first-order valence-electron chi connectivity index (χ1n) is 5.92. The van der Waals surface area contributed by atoms with E-state index in [0.717, 1.165) is 21.1 Å². The van der Waals surface area contributed by atoms with Crippen LogP contribution in [-0.2, 0) is 4.79 Å². The molecule has 2 aromatic rings. The van der Waals surface area contributed by atoms with E-state index in [0.29, 0.717) is 5.02 Å². The monoisotopic (exact) mass is 295 g/mol. The Labute approximate surface area is 120 Å². The van der Waals surface area contributed by atoms with Gasteiger partial charge >= 0.3 is 5.97 Å². The van der Waals surface area contributed by atoms with Crippen LogP contribution in [0.1, 0.15) is 29.1 Å². The number of carboxylic acid groups (broad SMARTS) is 1. The predicted octanol–water partition coefficient (Wildman–Crippen LogP) is 4.35. The third-order valence-electron chi connectivity index (χ3n) is 2.79. The first-order chi connectivity index (χ1) is 8.97. The average Bonchev–Trinajstić information content (AvgIpc) is 2.70. The van der Waals surface area contributed by atoms with Gasteiger partial charge in [-0.1, -0.05) is 30.7 Å². The number of nitrogens with zero attached hydrogens (tertiary/aromatic N) is 1. The number of aromatic nitrogens is 1. The van der Waals surface area contributed by atoms with Gasteiger partial charge in [0.1, 0.15) is 0 Å². The Bertz CT molecular complexity index is 609. The SMILES string of the molecule is Cc1nc(-c2cccc(Cl)c2)c(C(C)CC(=O)O)s1. The first-order valence-corrected chi connectivity index (χ1v) is 7.12. The summed E-state index contributed by atoms with van der Waals surface area (Å²) in [5.74, 6) is -0.853. The molecule has 0 radical (unpaired) electrons. The maximum atomic E-state index is 10.9. The van der Waals surface area contributed by atoms with Gasteiger partial charge < -0.3 is 5.11 Å². The van der Waals surface area contributed by atoms with Crippen molar-refractivity contribution in [3.8, 4) is 11.3 Å². The third kappa shape index (κ3) is 3.33. The highest BCUT2D eigenvalue weighted by Crippen LogP contribution is 2.35. The molecule has 5 heteroatoms. The molecule has 0 bridgehead atoms. The Kier molecular flexibility index (Phi) is 4.22. The molecule has 1 aromatic carbocycles. The number of aliphatic carboxylic acids is 1. The summed E-state index contributed by atoms with van der Waals surface area (Å²) >= 11 is 7.55. The molecule has 1 unspecified atom stereocenters. The van der Waals surface area contributed by atoms with Gasteiger partial charge in [-0.25, -0.2) is 4.98 Å². The Balaban J connectivity index is 2.43. The van der Waals surface area contributed by atoms with Crippen LogP contribution in [0, 0.1) is 6.92 Å². The zero-order valence-corrected chi connectivity index (χ0v) is 12.3. The second kappa shape index (κ2) is 5.72. The van der Waals surface area contributed by atoms with Crippen LogP contribution >= 0.6 is 22.9 Å². The van der Waals surface area contributed by atoms with Crippen molar-refractivity contribution in [2.45, 2.75) is 26.2 Å². The maximum Gasteiger partial charge on any atom is 0.303 e. The van der Waals surface area contributed by atoms with Gasteiger partial charge in [-0.3, -0.25) is 4.79 Å². The van der Waals surface area contributed by atoms with Crippen molar-refractivity contribution in [2.75, 3.05) is 0 Å². The number of hydrogen-bond donors (Lipinski definition) is 1. The number of halogens is 1. The number of rotatable bonds is 4. The van der Waals surface area contributed by atoms with Gasteiger partial charge in [0, 0.05) is 21.4 Å². The Morgan fingerprint density at radius 1 is 1.53 bits per heavy atom. The summed E-state index contributed by atoms with van der Waals surface area (Å²) in [6.07, 6.45) is 0.106. The smallest absolute Gasteiger partial charge is 0.303 e. The van der Waals surface area contributed by atoms with Crippen LogP contribution in [0.2, 0.25) is 5.02 Å². The lowest BCUT2D eigenvalue weighted by Crippen LogP contribution is -2.02. The molecule has 0 aliphatic rings. The molecule has 0 aliphatic carbocycles. The van der Waals surface area contributed by atoms with E-state index in [9.17, 15) is 4.79 Å². The molecule has 1 aromatic heterocycles. The summed E-state index contributed by atoms with van der Waals surface area (Å²) in [5, 5.41) is 10.5. The fourth-order valence-corrected chi connectivity index (χ4v) is 3.16. The quantitative estimate of drug-likeness (QED) is 0.912. The van der Waals surface area contributed by atoms with Crippen molar-refractivity contribution >= 4 is 28.9 Å². The molecule has 1 atom stereocenters. The number of carbonyl (C=O) groups is 1. The van der Waals surface area contributed by atoms with Crippen molar-refractivity contribution in [1.29, 1.82) is 0 Å². The number of thiazole rings is 1. The molecule has 1 N–H and O–H groups in total. The highest BCUT2D eigenvalue weighted by Gasteiger charge is 2.19. The average molecular weight is 296 g/mol. The van der Waals surface area contributed by atoms with Crippen molar-refractivity contribution in [3.63, 3.8) is 0 Å². The van der Waals surface area contributed by atoms with E-state index in [1.807, 2.05) is 38.1 Å². The summed E-state index contributed by atoms with van der Waals surface area (Å²) in [4.78, 5) is 16.4. The second-order valence-electron chi connectivity index (χ2n) is 4.45. The zero-order valence-electron chi connectivity index (χ0n) is 10.7. The minimum atomic E-state index is -0.796. The number of hydrogen-bond acceptors (Lipinski definition) is 3. The molecular formula is C14H14ClNO2S. The summed E-state index contributed by atoms with van der Waals surface area (Å²) in [6.45, 7) is 3.84. The summed E-state index contributed by atoms with van der Waals surface area (Å²) in [7, 11) is 0. The number of aryl methyl sites for hydroxylation is 1. The normalized spacial score (nSPS) is 12.4. The zero-order chi connectivity index (χ0) is 14.0. The van der Waals surface area contributed by atoms with Crippen molar-refractivity contribution in [2.24, 2.45) is 0 Å². The topological polar surface area (TPSA) is 50.2 Å². The van der Waals surface area contributed by atoms with Crippen LogP contribution in [0.15, 0.2) is 24.3 Å². The van der Waals surface area contributed by atoms with Crippen LogP contribution in [0.5, 0.6) is 0 Å². The van der Waals surface area contributed by atoms with Crippen molar-refractivity contribution in [1.82, 2.24) is 4.98 Å². The van der Waals surface area contributed by atoms with Crippen LogP contribution in [0.3, 0.4) is 0 Å². The molecule has 100 valence electrons. The second-order valence-corrected chi connectivity index (χ2v) is 6.13. The molecule has 0 saturated heterocycles. The fourth-order valence-electron chi connectivity index (χ4n) is 1.97. The maximum absolute atomic E-state index is 10.9. The number of benzene rings is 1. The van der Waals surface area contributed by atoms with Crippen LogP contribution in [-0.4, -0.2) is 16.1 Å².